The number of carbonyl (C=O) groups is 1. The number of nitrogens with one attached hydrogen (secondary N) is 2. The zero-order valence-corrected chi connectivity index (χ0v) is 16.9. The monoisotopic (exact) mass is 401 g/mol. The van der Waals surface area contributed by atoms with Crippen LogP contribution in [0.15, 0.2) is 42.7 Å². The predicted molar refractivity (Wildman–Crippen MR) is 115 cm³/mol. The van der Waals surface area contributed by atoms with Crippen LogP contribution in [0.1, 0.15) is 37.0 Å². The number of benzene rings is 2. The Hall–Kier alpha value is -3.50. The minimum Gasteiger partial charge on any atom is -0.390 e. The first-order chi connectivity index (χ1) is 14.3. The topological polar surface area (TPSA) is 111 Å². The van der Waals surface area contributed by atoms with Crippen LogP contribution in [0.5, 0.6) is 0 Å². The summed E-state index contributed by atoms with van der Waals surface area (Å²) in [6.07, 6.45) is 3.21. The number of aromatic nitrogens is 2. The van der Waals surface area contributed by atoms with Crippen molar-refractivity contribution < 1.29 is 9.90 Å². The molecule has 1 atom stereocenters. The van der Waals surface area contributed by atoms with Crippen LogP contribution in [0.2, 0.25) is 0 Å². The van der Waals surface area contributed by atoms with Crippen LogP contribution in [0.4, 0.5) is 11.5 Å². The minimum absolute atomic E-state index is 0.0414. The number of amides is 1. The molecule has 1 heterocycles. The van der Waals surface area contributed by atoms with Crippen molar-refractivity contribution in [2.24, 2.45) is 0 Å². The van der Waals surface area contributed by atoms with E-state index in [0.29, 0.717) is 11.4 Å². The Kier molecular flexibility index (Phi) is 5.10. The maximum absolute atomic E-state index is 12.1. The highest BCUT2D eigenvalue weighted by Crippen LogP contribution is 2.29. The molecule has 3 N–H and O–H groups in total. The molecule has 1 aromatic heterocycles. The van der Waals surface area contributed by atoms with Gasteiger partial charge in [-0.1, -0.05) is 6.07 Å². The summed E-state index contributed by atoms with van der Waals surface area (Å²) in [5.41, 5.74) is 3.45. The summed E-state index contributed by atoms with van der Waals surface area (Å²) in [5.74, 6) is 0.504. The molecule has 30 heavy (non-hydrogen) atoms. The Morgan fingerprint density at radius 2 is 2.00 bits per heavy atom. The SMILES string of the molecule is CC(C)(O)CC(=O)Nc1ccc2c(c1)C[C@@H](Nc1ncnc3ccc(C#N)cc13)C2. The molecule has 1 amide bonds. The maximum atomic E-state index is 12.1. The Bertz CT molecular complexity index is 1160. The van der Waals surface area contributed by atoms with Crippen LogP contribution in [-0.4, -0.2) is 32.6 Å². The fourth-order valence-electron chi connectivity index (χ4n) is 3.83. The van der Waals surface area contributed by atoms with E-state index in [1.54, 1.807) is 26.0 Å². The van der Waals surface area contributed by atoms with Crippen LogP contribution >= 0.6 is 0 Å². The smallest absolute Gasteiger partial charge is 0.227 e. The zero-order valence-electron chi connectivity index (χ0n) is 16.9. The highest BCUT2D eigenvalue weighted by atomic mass is 16.3. The van der Waals surface area contributed by atoms with E-state index in [4.69, 9.17) is 0 Å². The lowest BCUT2D eigenvalue weighted by Crippen LogP contribution is -2.27. The van der Waals surface area contributed by atoms with Gasteiger partial charge in [-0.15, -0.1) is 0 Å². The van der Waals surface area contributed by atoms with Crippen LogP contribution in [0.3, 0.4) is 0 Å². The second kappa shape index (κ2) is 7.73. The van der Waals surface area contributed by atoms with Crippen LogP contribution in [0.25, 0.3) is 10.9 Å². The molecule has 0 bridgehead atoms. The van der Waals surface area contributed by atoms with Gasteiger partial charge < -0.3 is 15.7 Å². The molecular formula is C23H23N5O2. The summed E-state index contributed by atoms with van der Waals surface area (Å²) in [7, 11) is 0. The first-order valence-electron chi connectivity index (χ1n) is 9.86. The Morgan fingerprint density at radius 3 is 2.77 bits per heavy atom. The number of nitriles is 1. The predicted octanol–water partition coefficient (Wildman–Crippen LogP) is 3.18. The molecule has 1 aliphatic carbocycles. The number of fused-ring (bicyclic) bond motifs is 2. The van der Waals surface area contributed by atoms with Gasteiger partial charge in [-0.25, -0.2) is 9.97 Å². The molecule has 0 unspecified atom stereocenters. The van der Waals surface area contributed by atoms with Gasteiger partial charge in [-0.2, -0.15) is 5.26 Å². The van der Waals surface area contributed by atoms with Crippen molar-refractivity contribution in [3.05, 3.63) is 59.4 Å². The van der Waals surface area contributed by atoms with E-state index in [0.717, 1.165) is 29.4 Å². The lowest BCUT2D eigenvalue weighted by molar-refractivity contribution is -0.119. The van der Waals surface area contributed by atoms with Crippen molar-refractivity contribution in [2.45, 2.75) is 44.8 Å². The Balaban J connectivity index is 1.49. The van der Waals surface area contributed by atoms with E-state index in [1.165, 1.54) is 17.5 Å². The van der Waals surface area contributed by atoms with Crippen molar-refractivity contribution in [2.75, 3.05) is 10.6 Å². The van der Waals surface area contributed by atoms with Crippen LogP contribution in [-0.2, 0) is 17.6 Å². The number of hydrogen-bond acceptors (Lipinski definition) is 6. The largest absolute Gasteiger partial charge is 0.390 e. The summed E-state index contributed by atoms with van der Waals surface area (Å²) in [5, 5.41) is 26.2. The summed E-state index contributed by atoms with van der Waals surface area (Å²) in [6.45, 7) is 3.23. The molecule has 0 saturated heterocycles. The number of hydrogen-bond donors (Lipinski definition) is 3. The van der Waals surface area contributed by atoms with E-state index in [9.17, 15) is 15.2 Å². The minimum atomic E-state index is -1.04. The standard InChI is InChI=1S/C23H23N5O2/c1-23(2,30)11-21(29)27-17-5-4-15-8-18(10-16(15)9-17)28-22-19-7-14(12-24)3-6-20(19)25-13-26-22/h3-7,9,13,18,30H,8,10-11H2,1-2H3,(H,27,29)(H,25,26,28)/t18-/m0/s1. The average molecular weight is 401 g/mol. The van der Waals surface area contributed by atoms with Gasteiger partial charge in [0.2, 0.25) is 5.91 Å². The van der Waals surface area contributed by atoms with Gasteiger partial charge >= 0.3 is 0 Å². The molecule has 7 heteroatoms. The lowest BCUT2D eigenvalue weighted by atomic mass is 10.0. The lowest BCUT2D eigenvalue weighted by Gasteiger charge is -2.16. The van der Waals surface area contributed by atoms with Crippen molar-refractivity contribution >= 4 is 28.3 Å². The van der Waals surface area contributed by atoms with Gasteiger partial charge in [0.15, 0.2) is 0 Å². The molecule has 152 valence electrons. The second-order valence-corrected chi connectivity index (χ2v) is 8.34. The fraction of sp³-hybridized carbons (Fsp3) is 0.304. The van der Waals surface area contributed by atoms with Gasteiger partial charge in [0.25, 0.3) is 0 Å². The molecule has 0 aliphatic heterocycles. The fourth-order valence-corrected chi connectivity index (χ4v) is 3.83. The van der Waals surface area contributed by atoms with E-state index in [-0.39, 0.29) is 18.4 Å². The number of aliphatic hydroxyl groups is 1. The molecule has 3 aromatic rings. The number of nitrogens with zero attached hydrogens (tertiary/aromatic N) is 3. The van der Waals surface area contributed by atoms with Crippen LogP contribution in [0, 0.1) is 11.3 Å². The highest BCUT2D eigenvalue weighted by molar-refractivity contribution is 5.91. The first-order valence-corrected chi connectivity index (χ1v) is 9.86. The third-order valence-corrected chi connectivity index (χ3v) is 5.12. The molecule has 0 radical (unpaired) electrons. The summed E-state index contributed by atoms with van der Waals surface area (Å²) in [6, 6.07) is 13.6. The number of anilines is 2. The van der Waals surface area contributed by atoms with Gasteiger partial charge in [0.1, 0.15) is 12.1 Å². The Morgan fingerprint density at radius 1 is 1.20 bits per heavy atom. The van der Waals surface area contributed by atoms with Crippen LogP contribution < -0.4 is 10.6 Å². The maximum Gasteiger partial charge on any atom is 0.227 e. The van der Waals surface area contributed by atoms with E-state index in [1.807, 2.05) is 24.3 Å². The van der Waals surface area contributed by atoms with Gasteiger partial charge in [-0.05, 0) is 68.1 Å². The third kappa shape index (κ3) is 4.39. The molecule has 0 saturated carbocycles. The molecule has 7 nitrogen and oxygen atoms in total. The number of carbonyl (C=O) groups excluding carboxylic acids is 1. The van der Waals surface area contributed by atoms with E-state index >= 15 is 0 Å². The summed E-state index contributed by atoms with van der Waals surface area (Å²) < 4.78 is 0. The quantitative estimate of drug-likeness (QED) is 0.606. The average Bonchev–Trinajstić information content (AvgIpc) is 3.08. The summed E-state index contributed by atoms with van der Waals surface area (Å²) in [4.78, 5) is 20.8. The third-order valence-electron chi connectivity index (χ3n) is 5.12. The van der Waals surface area contributed by atoms with Crippen molar-refractivity contribution in [1.82, 2.24) is 9.97 Å². The first kappa shape index (κ1) is 19.8. The molecule has 0 spiro atoms. The van der Waals surface area contributed by atoms with Gasteiger partial charge in [-0.3, -0.25) is 4.79 Å². The van der Waals surface area contributed by atoms with E-state index < -0.39 is 5.60 Å². The van der Waals surface area contributed by atoms with Crippen molar-refractivity contribution in [3.8, 4) is 6.07 Å². The van der Waals surface area contributed by atoms with Gasteiger partial charge in [0.05, 0.1) is 29.2 Å². The zero-order chi connectivity index (χ0) is 21.3. The molecule has 0 fully saturated rings. The highest BCUT2D eigenvalue weighted by Gasteiger charge is 2.23. The number of rotatable bonds is 5. The second-order valence-electron chi connectivity index (χ2n) is 8.34. The summed E-state index contributed by atoms with van der Waals surface area (Å²) >= 11 is 0. The molecular weight excluding hydrogens is 378 g/mol. The molecule has 1 aliphatic rings. The van der Waals surface area contributed by atoms with Crippen molar-refractivity contribution in [1.29, 1.82) is 5.26 Å². The molecule has 2 aromatic carbocycles. The normalized spacial score (nSPS) is 15.5. The Labute approximate surface area is 174 Å². The molecule has 4 rings (SSSR count). The van der Waals surface area contributed by atoms with Crippen molar-refractivity contribution in [3.63, 3.8) is 0 Å². The van der Waals surface area contributed by atoms with E-state index in [2.05, 4.69) is 26.7 Å². The van der Waals surface area contributed by atoms with Gasteiger partial charge in [0, 0.05) is 17.1 Å².